The molecule has 3 heterocycles. The lowest BCUT2D eigenvalue weighted by Gasteiger charge is -2.39. The number of likely N-dealkylation sites (tertiary alicyclic amines) is 1. The highest BCUT2D eigenvalue weighted by molar-refractivity contribution is 5.22. The minimum absolute atomic E-state index is 0.407. The second kappa shape index (κ2) is 4.63. The second-order valence-electron chi connectivity index (χ2n) is 4.50. The SMILES string of the molecule is N#Cc1cnn(C2CN(CCn3cccn3)C2)c1. The Hall–Kier alpha value is -2.13. The van der Waals surface area contributed by atoms with Crippen LogP contribution in [-0.2, 0) is 6.54 Å². The molecule has 0 unspecified atom stereocenters. The Morgan fingerprint density at radius 2 is 2.22 bits per heavy atom. The minimum Gasteiger partial charge on any atom is -0.297 e. The summed E-state index contributed by atoms with van der Waals surface area (Å²) in [7, 11) is 0. The van der Waals surface area contributed by atoms with Crippen LogP contribution in [0.1, 0.15) is 11.6 Å². The zero-order chi connectivity index (χ0) is 12.4. The van der Waals surface area contributed by atoms with Crippen molar-refractivity contribution < 1.29 is 0 Å². The van der Waals surface area contributed by atoms with E-state index >= 15 is 0 Å². The van der Waals surface area contributed by atoms with E-state index in [-0.39, 0.29) is 0 Å². The molecule has 92 valence electrons. The van der Waals surface area contributed by atoms with Crippen molar-refractivity contribution in [1.29, 1.82) is 5.26 Å². The van der Waals surface area contributed by atoms with Gasteiger partial charge in [-0.3, -0.25) is 14.3 Å². The molecule has 1 aliphatic rings. The van der Waals surface area contributed by atoms with Crippen LogP contribution in [0.4, 0.5) is 0 Å². The molecule has 1 aliphatic heterocycles. The van der Waals surface area contributed by atoms with Gasteiger partial charge in [0.05, 0.1) is 24.3 Å². The van der Waals surface area contributed by atoms with Crippen molar-refractivity contribution in [2.75, 3.05) is 19.6 Å². The van der Waals surface area contributed by atoms with Crippen molar-refractivity contribution in [1.82, 2.24) is 24.5 Å². The van der Waals surface area contributed by atoms with Gasteiger partial charge in [-0.1, -0.05) is 0 Å². The van der Waals surface area contributed by atoms with Crippen LogP contribution in [0.15, 0.2) is 30.9 Å². The Morgan fingerprint density at radius 3 is 2.89 bits per heavy atom. The zero-order valence-electron chi connectivity index (χ0n) is 9.98. The summed E-state index contributed by atoms with van der Waals surface area (Å²) in [6.45, 7) is 3.91. The molecule has 0 atom stereocenters. The largest absolute Gasteiger partial charge is 0.297 e. The summed E-state index contributed by atoms with van der Waals surface area (Å²) in [5.74, 6) is 0. The minimum atomic E-state index is 0.407. The number of nitriles is 1. The Balaban J connectivity index is 1.47. The predicted octanol–water partition coefficient (Wildman–Crippen LogP) is 0.508. The first-order chi connectivity index (χ1) is 8.85. The van der Waals surface area contributed by atoms with Gasteiger partial charge in [-0.2, -0.15) is 15.5 Å². The highest BCUT2D eigenvalue weighted by atomic mass is 15.4. The van der Waals surface area contributed by atoms with Crippen LogP contribution < -0.4 is 0 Å². The van der Waals surface area contributed by atoms with Gasteiger partial charge < -0.3 is 0 Å². The van der Waals surface area contributed by atoms with Crippen molar-refractivity contribution in [3.63, 3.8) is 0 Å². The molecule has 2 aromatic rings. The van der Waals surface area contributed by atoms with Crippen molar-refractivity contribution in [2.45, 2.75) is 12.6 Å². The summed E-state index contributed by atoms with van der Waals surface area (Å²) in [5, 5.41) is 17.1. The molecule has 18 heavy (non-hydrogen) atoms. The van der Waals surface area contributed by atoms with E-state index in [2.05, 4.69) is 21.2 Å². The number of nitrogens with zero attached hydrogens (tertiary/aromatic N) is 6. The third-order valence-corrected chi connectivity index (χ3v) is 3.25. The van der Waals surface area contributed by atoms with Crippen molar-refractivity contribution in [2.24, 2.45) is 0 Å². The molecule has 0 bridgehead atoms. The van der Waals surface area contributed by atoms with E-state index in [4.69, 9.17) is 5.26 Å². The fourth-order valence-corrected chi connectivity index (χ4v) is 2.16. The fraction of sp³-hybridized carbons (Fsp3) is 0.417. The normalized spacial score (nSPS) is 16.4. The van der Waals surface area contributed by atoms with Gasteiger partial charge in [-0.25, -0.2) is 0 Å². The van der Waals surface area contributed by atoms with E-state index in [9.17, 15) is 0 Å². The maximum absolute atomic E-state index is 8.74. The lowest BCUT2D eigenvalue weighted by atomic mass is 10.1. The topological polar surface area (TPSA) is 62.7 Å². The standard InChI is InChI=1S/C12H14N6/c13-6-11-7-15-18(8-11)12-9-16(10-12)4-5-17-3-1-2-14-17/h1-3,7-8,12H,4-5,9-10H2. The molecule has 0 N–H and O–H groups in total. The Bertz CT molecular complexity index is 543. The van der Waals surface area contributed by atoms with E-state index in [1.807, 2.05) is 27.8 Å². The van der Waals surface area contributed by atoms with Crippen LogP contribution in [0.3, 0.4) is 0 Å². The van der Waals surface area contributed by atoms with E-state index in [0.717, 1.165) is 26.2 Å². The quantitative estimate of drug-likeness (QED) is 0.783. The molecule has 1 saturated heterocycles. The molecular formula is C12H14N6. The molecule has 0 aromatic carbocycles. The number of hydrogen-bond acceptors (Lipinski definition) is 4. The van der Waals surface area contributed by atoms with Crippen molar-refractivity contribution in [3.8, 4) is 6.07 Å². The Morgan fingerprint density at radius 1 is 1.33 bits per heavy atom. The summed E-state index contributed by atoms with van der Waals surface area (Å²) in [5.41, 5.74) is 0.630. The fourth-order valence-electron chi connectivity index (χ4n) is 2.16. The summed E-state index contributed by atoms with van der Waals surface area (Å²) in [6.07, 6.45) is 7.21. The third kappa shape index (κ3) is 2.13. The lowest BCUT2D eigenvalue weighted by Crippen LogP contribution is -2.48. The molecule has 2 aromatic heterocycles. The van der Waals surface area contributed by atoms with Gasteiger partial charge in [-0.15, -0.1) is 0 Å². The third-order valence-electron chi connectivity index (χ3n) is 3.25. The second-order valence-corrected chi connectivity index (χ2v) is 4.50. The molecule has 0 aliphatic carbocycles. The Kier molecular flexibility index (Phi) is 2.82. The molecule has 0 spiro atoms. The molecular weight excluding hydrogens is 228 g/mol. The number of hydrogen-bond donors (Lipinski definition) is 0. The summed E-state index contributed by atoms with van der Waals surface area (Å²) in [6, 6.07) is 4.44. The summed E-state index contributed by atoms with van der Waals surface area (Å²) >= 11 is 0. The lowest BCUT2D eigenvalue weighted by molar-refractivity contribution is 0.0934. The maximum Gasteiger partial charge on any atom is 0.102 e. The first kappa shape index (κ1) is 11.0. The average molecular weight is 242 g/mol. The van der Waals surface area contributed by atoms with Gasteiger partial charge in [0.1, 0.15) is 6.07 Å². The predicted molar refractivity (Wildman–Crippen MR) is 64.6 cm³/mol. The Labute approximate surface area is 105 Å². The first-order valence-electron chi connectivity index (χ1n) is 5.99. The van der Waals surface area contributed by atoms with E-state index in [1.165, 1.54) is 0 Å². The molecule has 0 radical (unpaired) electrons. The van der Waals surface area contributed by atoms with E-state index in [1.54, 1.807) is 12.4 Å². The van der Waals surface area contributed by atoms with Gasteiger partial charge in [0.2, 0.25) is 0 Å². The smallest absolute Gasteiger partial charge is 0.102 e. The maximum atomic E-state index is 8.74. The summed E-state index contributed by atoms with van der Waals surface area (Å²) < 4.78 is 3.83. The van der Waals surface area contributed by atoms with Crippen LogP contribution in [0, 0.1) is 11.3 Å². The van der Waals surface area contributed by atoms with Crippen LogP contribution in [-0.4, -0.2) is 44.1 Å². The molecule has 6 heteroatoms. The molecule has 0 saturated carbocycles. The summed E-state index contributed by atoms with van der Waals surface area (Å²) in [4.78, 5) is 2.36. The van der Waals surface area contributed by atoms with Gasteiger partial charge in [0, 0.05) is 38.2 Å². The van der Waals surface area contributed by atoms with Gasteiger partial charge >= 0.3 is 0 Å². The van der Waals surface area contributed by atoms with Crippen molar-refractivity contribution >= 4 is 0 Å². The van der Waals surface area contributed by atoms with Crippen molar-refractivity contribution in [3.05, 3.63) is 36.4 Å². The van der Waals surface area contributed by atoms with Gasteiger partial charge in [0.15, 0.2) is 0 Å². The van der Waals surface area contributed by atoms with Crippen LogP contribution in [0.5, 0.6) is 0 Å². The van der Waals surface area contributed by atoms with Gasteiger partial charge in [-0.05, 0) is 6.07 Å². The van der Waals surface area contributed by atoms with Crippen LogP contribution in [0.2, 0.25) is 0 Å². The number of rotatable bonds is 4. The van der Waals surface area contributed by atoms with Crippen LogP contribution >= 0.6 is 0 Å². The highest BCUT2D eigenvalue weighted by Crippen LogP contribution is 2.20. The van der Waals surface area contributed by atoms with E-state index < -0.39 is 0 Å². The first-order valence-corrected chi connectivity index (χ1v) is 5.99. The molecule has 1 fully saturated rings. The average Bonchev–Trinajstić information content (AvgIpc) is 2.97. The van der Waals surface area contributed by atoms with Crippen LogP contribution in [0.25, 0.3) is 0 Å². The molecule has 0 amide bonds. The molecule has 6 nitrogen and oxygen atoms in total. The monoisotopic (exact) mass is 242 g/mol. The molecule has 3 rings (SSSR count). The van der Waals surface area contributed by atoms with Gasteiger partial charge in [0.25, 0.3) is 0 Å². The zero-order valence-corrected chi connectivity index (χ0v) is 9.98. The highest BCUT2D eigenvalue weighted by Gasteiger charge is 2.28. The van der Waals surface area contributed by atoms with E-state index in [0.29, 0.717) is 11.6 Å². The number of aromatic nitrogens is 4.